The van der Waals surface area contributed by atoms with Crippen molar-refractivity contribution >= 4 is 23.3 Å². The molecule has 0 aliphatic heterocycles. The maximum atomic E-state index is 12.1. The molecule has 140 valence electrons. The number of carbonyl (C=O) groups excluding carboxylic acids is 2. The summed E-state index contributed by atoms with van der Waals surface area (Å²) in [6.07, 6.45) is 4.96. The second-order valence-corrected chi connectivity index (χ2v) is 7.30. The van der Waals surface area contributed by atoms with Crippen LogP contribution in [0.5, 0.6) is 0 Å². The van der Waals surface area contributed by atoms with E-state index in [9.17, 15) is 19.7 Å². The molecule has 0 saturated heterocycles. The molecule has 0 unspecified atom stereocenters. The molecule has 1 aromatic carbocycles. The summed E-state index contributed by atoms with van der Waals surface area (Å²) in [6, 6.07) is 3.55. The SMILES string of the molecule is C[C@@H](NC(=O)COC(=O)c1ccc([N+](=O)[O-])cc1N)[C@@H]1C[C@@H]2CC[C@@H]1C2. The molecule has 1 amide bonds. The summed E-state index contributed by atoms with van der Waals surface area (Å²) in [4.78, 5) is 34.2. The normalized spacial score (nSPS) is 24.9. The lowest BCUT2D eigenvalue weighted by atomic mass is 9.84. The van der Waals surface area contributed by atoms with Crippen molar-refractivity contribution in [2.45, 2.75) is 38.6 Å². The number of nitrogen functional groups attached to an aromatic ring is 1. The molecule has 8 nitrogen and oxygen atoms in total. The Morgan fingerprint density at radius 2 is 2.15 bits per heavy atom. The molecule has 2 aliphatic carbocycles. The van der Waals surface area contributed by atoms with Crippen molar-refractivity contribution < 1.29 is 19.2 Å². The maximum absolute atomic E-state index is 12.1. The molecule has 3 N–H and O–H groups in total. The van der Waals surface area contributed by atoms with Gasteiger partial charge in [-0.2, -0.15) is 0 Å². The van der Waals surface area contributed by atoms with E-state index in [0.29, 0.717) is 11.8 Å². The van der Waals surface area contributed by atoms with Crippen LogP contribution in [0.25, 0.3) is 0 Å². The summed E-state index contributed by atoms with van der Waals surface area (Å²) < 4.78 is 5.00. The van der Waals surface area contributed by atoms with Gasteiger partial charge in [-0.05, 0) is 50.0 Å². The number of nitrogens with two attached hydrogens (primary N) is 1. The molecule has 26 heavy (non-hydrogen) atoms. The van der Waals surface area contributed by atoms with Crippen molar-refractivity contribution in [1.82, 2.24) is 5.32 Å². The number of hydrogen-bond acceptors (Lipinski definition) is 6. The maximum Gasteiger partial charge on any atom is 0.340 e. The molecule has 0 spiro atoms. The minimum absolute atomic E-state index is 0.00421. The van der Waals surface area contributed by atoms with Crippen LogP contribution in [0.4, 0.5) is 11.4 Å². The predicted molar refractivity (Wildman–Crippen MR) is 94.3 cm³/mol. The zero-order chi connectivity index (χ0) is 18.8. The van der Waals surface area contributed by atoms with Crippen LogP contribution in [0.3, 0.4) is 0 Å². The molecule has 0 radical (unpaired) electrons. The Bertz CT molecular complexity index is 736. The minimum Gasteiger partial charge on any atom is -0.452 e. The van der Waals surface area contributed by atoms with Crippen LogP contribution >= 0.6 is 0 Å². The van der Waals surface area contributed by atoms with Crippen molar-refractivity contribution in [3.63, 3.8) is 0 Å². The average molecular weight is 361 g/mol. The Labute approximate surface area is 151 Å². The highest BCUT2D eigenvalue weighted by atomic mass is 16.6. The van der Waals surface area contributed by atoms with Crippen LogP contribution in [0, 0.1) is 27.9 Å². The first-order chi connectivity index (χ1) is 12.3. The molecule has 2 aliphatic rings. The predicted octanol–water partition coefficient (Wildman–Crippen LogP) is 2.27. The van der Waals surface area contributed by atoms with E-state index in [4.69, 9.17) is 10.5 Å². The number of nitro benzene ring substituents is 1. The molecular formula is C18H23N3O5. The van der Waals surface area contributed by atoms with Crippen molar-refractivity contribution in [3.05, 3.63) is 33.9 Å². The third-order valence-corrected chi connectivity index (χ3v) is 5.62. The number of anilines is 1. The van der Waals surface area contributed by atoms with Gasteiger partial charge in [-0.3, -0.25) is 14.9 Å². The van der Waals surface area contributed by atoms with Gasteiger partial charge in [0.05, 0.1) is 16.2 Å². The smallest absolute Gasteiger partial charge is 0.340 e. The number of nitrogens with one attached hydrogen (secondary N) is 1. The Kier molecular flexibility index (Phi) is 5.11. The van der Waals surface area contributed by atoms with E-state index in [1.165, 1.54) is 31.4 Å². The quantitative estimate of drug-likeness (QED) is 0.347. The largest absolute Gasteiger partial charge is 0.452 e. The van der Waals surface area contributed by atoms with E-state index in [2.05, 4.69) is 5.32 Å². The number of rotatable bonds is 6. The van der Waals surface area contributed by atoms with Crippen LogP contribution in [-0.4, -0.2) is 29.4 Å². The number of esters is 1. The van der Waals surface area contributed by atoms with E-state index in [1.807, 2.05) is 6.92 Å². The van der Waals surface area contributed by atoms with Crippen molar-refractivity contribution in [2.24, 2.45) is 17.8 Å². The topological polar surface area (TPSA) is 125 Å². The van der Waals surface area contributed by atoms with Crippen molar-refractivity contribution in [3.8, 4) is 0 Å². The first kappa shape index (κ1) is 18.2. The molecule has 0 heterocycles. The summed E-state index contributed by atoms with van der Waals surface area (Å²) in [6.45, 7) is 1.60. The lowest BCUT2D eigenvalue weighted by Crippen LogP contribution is -2.42. The van der Waals surface area contributed by atoms with Crippen LogP contribution in [0.2, 0.25) is 0 Å². The van der Waals surface area contributed by atoms with Gasteiger partial charge in [-0.25, -0.2) is 4.79 Å². The molecule has 0 aromatic heterocycles. The number of benzene rings is 1. The number of ether oxygens (including phenoxy) is 1. The van der Waals surface area contributed by atoms with E-state index in [0.717, 1.165) is 18.4 Å². The van der Waals surface area contributed by atoms with Gasteiger partial charge >= 0.3 is 5.97 Å². The van der Waals surface area contributed by atoms with Gasteiger partial charge in [0.15, 0.2) is 6.61 Å². The fourth-order valence-electron chi connectivity index (χ4n) is 4.37. The van der Waals surface area contributed by atoms with Gasteiger partial charge in [0.2, 0.25) is 0 Å². The van der Waals surface area contributed by atoms with Crippen LogP contribution in [0.15, 0.2) is 18.2 Å². The van der Waals surface area contributed by atoms with Gasteiger partial charge in [0, 0.05) is 18.2 Å². The van der Waals surface area contributed by atoms with E-state index in [1.54, 1.807) is 0 Å². The molecule has 8 heteroatoms. The molecule has 2 fully saturated rings. The molecule has 2 saturated carbocycles. The average Bonchev–Trinajstić information content (AvgIpc) is 3.22. The Morgan fingerprint density at radius 3 is 2.73 bits per heavy atom. The van der Waals surface area contributed by atoms with Gasteiger partial charge in [0.1, 0.15) is 0 Å². The van der Waals surface area contributed by atoms with Gasteiger partial charge in [-0.15, -0.1) is 0 Å². The lowest BCUT2D eigenvalue weighted by Gasteiger charge is -2.28. The number of fused-ring (bicyclic) bond motifs is 2. The summed E-state index contributed by atoms with van der Waals surface area (Å²) in [5.74, 6) is 0.859. The number of nitrogens with zero attached hydrogens (tertiary/aromatic N) is 1. The lowest BCUT2D eigenvalue weighted by molar-refractivity contribution is -0.384. The number of amides is 1. The van der Waals surface area contributed by atoms with Gasteiger partial charge < -0.3 is 15.8 Å². The number of carbonyl (C=O) groups is 2. The Hall–Kier alpha value is -2.64. The monoisotopic (exact) mass is 361 g/mol. The first-order valence-corrected chi connectivity index (χ1v) is 8.85. The molecular weight excluding hydrogens is 338 g/mol. The molecule has 3 rings (SSSR count). The zero-order valence-corrected chi connectivity index (χ0v) is 14.6. The molecule has 2 bridgehead atoms. The van der Waals surface area contributed by atoms with Crippen LogP contribution in [0.1, 0.15) is 43.0 Å². The van der Waals surface area contributed by atoms with Gasteiger partial charge in [0.25, 0.3) is 11.6 Å². The van der Waals surface area contributed by atoms with Crippen LogP contribution < -0.4 is 11.1 Å². The highest BCUT2D eigenvalue weighted by Crippen LogP contribution is 2.49. The standard InChI is InChI=1S/C18H23N3O5/c1-10(15-7-11-2-3-12(15)6-11)20-17(22)9-26-18(23)14-5-4-13(21(24)25)8-16(14)19/h4-5,8,10-12,15H,2-3,6-7,9,19H2,1H3,(H,20,22)/t10-,11-,12-,15+/m1/s1. The molecule has 1 aromatic rings. The van der Waals surface area contributed by atoms with E-state index >= 15 is 0 Å². The Balaban J connectivity index is 1.49. The number of nitro groups is 1. The summed E-state index contributed by atoms with van der Waals surface area (Å²) >= 11 is 0. The van der Waals surface area contributed by atoms with Crippen LogP contribution in [-0.2, 0) is 9.53 Å². The highest BCUT2D eigenvalue weighted by molar-refractivity contribution is 5.96. The highest BCUT2D eigenvalue weighted by Gasteiger charge is 2.42. The number of hydrogen-bond donors (Lipinski definition) is 2. The van der Waals surface area contributed by atoms with Gasteiger partial charge in [-0.1, -0.05) is 6.42 Å². The third kappa shape index (κ3) is 3.79. The summed E-state index contributed by atoms with van der Waals surface area (Å²) in [7, 11) is 0. The fourth-order valence-corrected chi connectivity index (χ4v) is 4.37. The molecule has 4 atom stereocenters. The van der Waals surface area contributed by atoms with E-state index < -0.39 is 17.5 Å². The second-order valence-electron chi connectivity index (χ2n) is 7.30. The summed E-state index contributed by atoms with van der Waals surface area (Å²) in [5, 5.41) is 13.6. The minimum atomic E-state index is -0.778. The van der Waals surface area contributed by atoms with E-state index in [-0.39, 0.29) is 28.9 Å². The second kappa shape index (κ2) is 7.31. The number of non-ortho nitro benzene ring substituents is 1. The summed E-state index contributed by atoms with van der Waals surface area (Å²) in [5.41, 5.74) is 5.40. The fraction of sp³-hybridized carbons (Fsp3) is 0.556. The van der Waals surface area contributed by atoms with Crippen molar-refractivity contribution in [2.75, 3.05) is 12.3 Å². The first-order valence-electron chi connectivity index (χ1n) is 8.85. The van der Waals surface area contributed by atoms with Crippen molar-refractivity contribution in [1.29, 1.82) is 0 Å². The zero-order valence-electron chi connectivity index (χ0n) is 14.6. The Morgan fingerprint density at radius 1 is 1.38 bits per heavy atom. The third-order valence-electron chi connectivity index (χ3n) is 5.62.